The van der Waals surface area contributed by atoms with E-state index in [4.69, 9.17) is 4.74 Å². The number of hydrogen-bond acceptors (Lipinski definition) is 5. The maximum atomic E-state index is 12.8. The molecule has 1 aromatic heterocycles. The van der Waals surface area contributed by atoms with Crippen molar-refractivity contribution in [2.45, 2.75) is 83.1 Å². The van der Waals surface area contributed by atoms with Crippen molar-refractivity contribution in [3.05, 3.63) is 33.7 Å². The maximum absolute atomic E-state index is 12.8. The molecule has 3 rings (SSSR count). The van der Waals surface area contributed by atoms with Crippen LogP contribution in [0.4, 0.5) is 0 Å². The maximum Gasteiger partial charge on any atom is 0.254 e. The summed E-state index contributed by atoms with van der Waals surface area (Å²) < 4.78 is 11.8. The van der Waals surface area contributed by atoms with Crippen molar-refractivity contribution >= 4 is 11.9 Å². The Morgan fingerprint density at radius 1 is 1.26 bits per heavy atom. The summed E-state index contributed by atoms with van der Waals surface area (Å²) in [5.74, 6) is 0.351. The van der Waals surface area contributed by atoms with Crippen LogP contribution in [0.1, 0.15) is 63.3 Å². The van der Waals surface area contributed by atoms with Gasteiger partial charge in [0, 0.05) is 17.3 Å². The van der Waals surface area contributed by atoms with Crippen LogP contribution in [0.2, 0.25) is 0 Å². The predicted octanol–water partition coefficient (Wildman–Crippen LogP) is 3.23. The number of nitrogens with zero attached hydrogens (tertiary/aromatic N) is 1. The van der Waals surface area contributed by atoms with Gasteiger partial charge in [-0.2, -0.15) is 0 Å². The molecule has 152 valence electrons. The van der Waals surface area contributed by atoms with Gasteiger partial charge in [0.2, 0.25) is 0 Å². The van der Waals surface area contributed by atoms with E-state index < -0.39 is 5.60 Å². The lowest BCUT2D eigenvalue weighted by Gasteiger charge is -2.38. The van der Waals surface area contributed by atoms with Crippen LogP contribution >= 0.6 is 11.9 Å². The third-order valence-corrected chi connectivity index (χ3v) is 6.88. The molecule has 2 aliphatic rings. The third-order valence-electron chi connectivity index (χ3n) is 6.34. The molecule has 1 fully saturated rings. The minimum Gasteiger partial charge on any atom is -0.390 e. The van der Waals surface area contributed by atoms with Gasteiger partial charge >= 0.3 is 0 Å². The average molecular weight is 395 g/mol. The van der Waals surface area contributed by atoms with E-state index in [1.807, 2.05) is 37.7 Å². The van der Waals surface area contributed by atoms with Crippen molar-refractivity contribution in [3.8, 4) is 0 Å². The molecule has 27 heavy (non-hydrogen) atoms. The van der Waals surface area contributed by atoms with Gasteiger partial charge in [-0.3, -0.25) is 9.52 Å². The molecule has 2 heterocycles. The number of fused-ring (bicyclic) bond motifs is 1. The van der Waals surface area contributed by atoms with Crippen molar-refractivity contribution in [2.75, 3.05) is 12.9 Å². The van der Waals surface area contributed by atoms with Gasteiger partial charge in [0.1, 0.15) is 0 Å². The van der Waals surface area contributed by atoms with Gasteiger partial charge in [-0.05, 0) is 77.5 Å². The highest BCUT2D eigenvalue weighted by molar-refractivity contribution is 7.96. The first-order valence-electron chi connectivity index (χ1n) is 10.1. The lowest BCUT2D eigenvalue weighted by molar-refractivity contribution is -0.0472. The van der Waals surface area contributed by atoms with E-state index in [1.54, 1.807) is 11.9 Å². The number of pyridine rings is 1. The number of ether oxygens (including phenoxy) is 1. The monoisotopic (exact) mass is 394 g/mol. The van der Waals surface area contributed by atoms with E-state index in [-0.39, 0.29) is 23.7 Å². The van der Waals surface area contributed by atoms with Crippen LogP contribution in [0.3, 0.4) is 0 Å². The smallest absolute Gasteiger partial charge is 0.254 e. The second-order valence-electron chi connectivity index (χ2n) is 8.68. The van der Waals surface area contributed by atoms with E-state index in [0.29, 0.717) is 12.5 Å². The summed E-state index contributed by atoms with van der Waals surface area (Å²) in [4.78, 5) is 12.8. The van der Waals surface area contributed by atoms with Gasteiger partial charge in [-0.25, -0.2) is 0 Å². The van der Waals surface area contributed by atoms with Crippen LogP contribution in [-0.2, 0) is 11.2 Å². The third kappa shape index (κ3) is 4.78. The first-order chi connectivity index (χ1) is 12.8. The van der Waals surface area contributed by atoms with Crippen LogP contribution in [0, 0.1) is 12.8 Å². The number of aromatic nitrogens is 1. The molecule has 0 bridgehead atoms. The molecule has 1 aliphatic heterocycles. The molecule has 1 aliphatic carbocycles. The van der Waals surface area contributed by atoms with Crippen LogP contribution in [0.5, 0.6) is 0 Å². The topological polar surface area (TPSA) is 63.5 Å². The van der Waals surface area contributed by atoms with Crippen molar-refractivity contribution in [2.24, 2.45) is 5.92 Å². The predicted molar refractivity (Wildman–Crippen MR) is 111 cm³/mol. The SMILES string of the molecule is CSNC1CCc2ccc(C)c(=O)n2C1COC1CCC(C(C)(C)O)CC1. The van der Waals surface area contributed by atoms with E-state index >= 15 is 0 Å². The molecule has 2 N–H and O–H groups in total. The molecule has 0 radical (unpaired) electrons. The highest BCUT2D eigenvalue weighted by atomic mass is 32.2. The van der Waals surface area contributed by atoms with Crippen molar-refractivity contribution < 1.29 is 9.84 Å². The Morgan fingerprint density at radius 2 is 1.96 bits per heavy atom. The zero-order valence-electron chi connectivity index (χ0n) is 17.0. The van der Waals surface area contributed by atoms with Crippen LogP contribution < -0.4 is 10.3 Å². The van der Waals surface area contributed by atoms with E-state index in [9.17, 15) is 9.90 Å². The Bertz CT molecular complexity index is 690. The summed E-state index contributed by atoms with van der Waals surface area (Å²) in [6.07, 6.45) is 8.16. The Balaban J connectivity index is 1.69. The molecule has 1 aromatic rings. The fourth-order valence-corrected chi connectivity index (χ4v) is 5.16. The normalized spacial score (nSPS) is 28.8. The first-order valence-corrected chi connectivity index (χ1v) is 11.4. The summed E-state index contributed by atoms with van der Waals surface area (Å²) in [6.45, 7) is 6.26. The van der Waals surface area contributed by atoms with Gasteiger partial charge in [-0.15, -0.1) is 0 Å². The van der Waals surface area contributed by atoms with E-state index in [1.165, 1.54) is 0 Å². The lowest BCUT2D eigenvalue weighted by atomic mass is 9.78. The standard InChI is InChI=1S/C21H34N2O3S/c1-14-5-8-16-9-12-18(22-27-4)19(23(16)20(14)24)13-26-17-10-6-15(7-11-17)21(2,3)25/h5,8,15,17-19,22,25H,6-7,9-13H2,1-4H3. The number of hydrogen-bond donors (Lipinski definition) is 2. The quantitative estimate of drug-likeness (QED) is 0.726. The summed E-state index contributed by atoms with van der Waals surface area (Å²) in [7, 11) is 0. The highest BCUT2D eigenvalue weighted by Gasteiger charge is 2.34. The molecule has 0 amide bonds. The fourth-order valence-electron chi connectivity index (χ4n) is 4.59. The Morgan fingerprint density at radius 3 is 2.59 bits per heavy atom. The molecule has 2 atom stereocenters. The zero-order chi connectivity index (χ0) is 19.6. The Kier molecular flexibility index (Phi) is 6.72. The van der Waals surface area contributed by atoms with Gasteiger partial charge in [0.05, 0.1) is 24.4 Å². The second-order valence-corrected chi connectivity index (χ2v) is 9.32. The molecule has 5 nitrogen and oxygen atoms in total. The van der Waals surface area contributed by atoms with Crippen LogP contribution in [0.25, 0.3) is 0 Å². The van der Waals surface area contributed by atoms with Crippen molar-refractivity contribution in [1.82, 2.24) is 9.29 Å². The van der Waals surface area contributed by atoms with E-state index in [0.717, 1.165) is 49.8 Å². The van der Waals surface area contributed by atoms with Gasteiger partial charge in [0.15, 0.2) is 0 Å². The second kappa shape index (κ2) is 8.68. The van der Waals surface area contributed by atoms with Crippen molar-refractivity contribution in [1.29, 1.82) is 0 Å². The molecule has 2 unspecified atom stereocenters. The lowest BCUT2D eigenvalue weighted by Crippen LogP contribution is -2.46. The molecule has 0 aromatic carbocycles. The number of nitrogens with one attached hydrogen (secondary N) is 1. The fraction of sp³-hybridized carbons (Fsp3) is 0.762. The molecular weight excluding hydrogens is 360 g/mol. The van der Waals surface area contributed by atoms with E-state index in [2.05, 4.69) is 10.8 Å². The van der Waals surface area contributed by atoms with Gasteiger partial charge in [-0.1, -0.05) is 18.0 Å². The first kappa shape index (κ1) is 20.9. The molecular formula is C21H34N2O3S. The molecule has 0 saturated heterocycles. The summed E-state index contributed by atoms with van der Waals surface area (Å²) >= 11 is 1.61. The van der Waals surface area contributed by atoms with Gasteiger partial charge in [0.25, 0.3) is 5.56 Å². The molecule has 6 heteroatoms. The number of aryl methyl sites for hydroxylation is 2. The van der Waals surface area contributed by atoms with Gasteiger partial charge < -0.3 is 14.4 Å². The summed E-state index contributed by atoms with van der Waals surface area (Å²) in [5.41, 5.74) is 1.41. The van der Waals surface area contributed by atoms with Crippen LogP contribution in [0.15, 0.2) is 16.9 Å². The largest absolute Gasteiger partial charge is 0.390 e. The molecule has 0 spiro atoms. The number of aliphatic hydroxyl groups is 1. The minimum absolute atomic E-state index is 0.0283. The summed E-state index contributed by atoms with van der Waals surface area (Å²) in [6, 6.07) is 4.29. The van der Waals surface area contributed by atoms with Crippen molar-refractivity contribution in [3.63, 3.8) is 0 Å². The summed E-state index contributed by atoms with van der Waals surface area (Å²) in [5, 5.41) is 10.2. The zero-order valence-corrected chi connectivity index (χ0v) is 17.8. The number of rotatable bonds is 6. The van der Waals surface area contributed by atoms with Crippen LogP contribution in [-0.4, -0.2) is 40.3 Å². The Labute approximate surface area is 167 Å². The average Bonchev–Trinajstić information content (AvgIpc) is 2.63. The molecule has 1 saturated carbocycles. The highest BCUT2D eigenvalue weighted by Crippen LogP contribution is 2.34. The Hall–Kier alpha value is -0.820. The minimum atomic E-state index is -0.606.